The summed E-state index contributed by atoms with van der Waals surface area (Å²) in [6, 6.07) is 15.7. The quantitative estimate of drug-likeness (QED) is 0.587. The molecule has 2 aromatic rings. The summed E-state index contributed by atoms with van der Waals surface area (Å²) in [5.41, 5.74) is 3.03. The van der Waals surface area contributed by atoms with Crippen LogP contribution in [0, 0.1) is 0 Å². The molecule has 31 heavy (non-hydrogen) atoms. The molecule has 0 bridgehead atoms. The van der Waals surface area contributed by atoms with Gasteiger partial charge in [0.1, 0.15) is 5.75 Å². The van der Waals surface area contributed by atoms with E-state index in [-0.39, 0.29) is 5.91 Å². The van der Waals surface area contributed by atoms with Crippen LogP contribution in [0.2, 0.25) is 0 Å². The maximum atomic E-state index is 12.1. The molecule has 2 aliphatic rings. The molecule has 4 rings (SSSR count). The van der Waals surface area contributed by atoms with Crippen molar-refractivity contribution in [3.05, 3.63) is 54.1 Å². The zero-order valence-electron chi connectivity index (χ0n) is 18.1. The number of guanidine groups is 1. The molecule has 0 saturated carbocycles. The number of carbonyl (C=O) groups excluding carboxylic acids is 1. The molecular weight excluding hydrogens is 390 g/mol. The third-order valence-electron chi connectivity index (χ3n) is 6.04. The number of piperidine rings is 1. The van der Waals surface area contributed by atoms with E-state index in [1.165, 1.54) is 0 Å². The van der Waals surface area contributed by atoms with Crippen molar-refractivity contribution in [1.29, 1.82) is 0 Å². The minimum Gasteiger partial charge on any atom is -0.506 e. The largest absolute Gasteiger partial charge is 0.506 e. The van der Waals surface area contributed by atoms with Crippen LogP contribution < -0.4 is 15.1 Å². The number of nitrogens with one attached hydrogen (secondary N) is 1. The summed E-state index contributed by atoms with van der Waals surface area (Å²) in [4.78, 5) is 22.9. The Morgan fingerprint density at radius 3 is 2.42 bits per heavy atom. The van der Waals surface area contributed by atoms with E-state index in [4.69, 9.17) is 0 Å². The lowest BCUT2D eigenvalue weighted by Gasteiger charge is -2.37. The van der Waals surface area contributed by atoms with Gasteiger partial charge in [0.15, 0.2) is 5.96 Å². The van der Waals surface area contributed by atoms with Crippen molar-refractivity contribution in [1.82, 2.24) is 10.2 Å². The van der Waals surface area contributed by atoms with E-state index in [0.29, 0.717) is 18.7 Å². The number of rotatable bonds is 4. The van der Waals surface area contributed by atoms with Crippen LogP contribution in [0.1, 0.15) is 24.8 Å². The van der Waals surface area contributed by atoms with Crippen LogP contribution >= 0.6 is 0 Å². The maximum absolute atomic E-state index is 12.1. The van der Waals surface area contributed by atoms with E-state index in [2.05, 4.69) is 32.2 Å². The summed E-state index contributed by atoms with van der Waals surface area (Å²) in [5, 5.41) is 13.6. The van der Waals surface area contributed by atoms with Crippen molar-refractivity contribution in [3.8, 4) is 5.75 Å². The van der Waals surface area contributed by atoms with Crippen molar-refractivity contribution in [2.45, 2.75) is 25.8 Å². The van der Waals surface area contributed by atoms with Gasteiger partial charge in [-0.1, -0.05) is 24.3 Å². The van der Waals surface area contributed by atoms with Gasteiger partial charge < -0.3 is 25.1 Å². The lowest BCUT2D eigenvalue weighted by Crippen LogP contribution is -2.52. The second-order valence-corrected chi connectivity index (χ2v) is 8.03. The highest BCUT2D eigenvalue weighted by atomic mass is 16.3. The molecule has 164 valence electrons. The molecule has 0 atom stereocenters. The number of benzene rings is 2. The topological polar surface area (TPSA) is 71.4 Å². The Labute approximate surface area is 184 Å². The summed E-state index contributed by atoms with van der Waals surface area (Å²) >= 11 is 0. The van der Waals surface area contributed by atoms with Gasteiger partial charge >= 0.3 is 0 Å². The smallest absolute Gasteiger partial charge is 0.226 e. The molecule has 2 fully saturated rings. The summed E-state index contributed by atoms with van der Waals surface area (Å²) in [6.07, 6.45) is 2.72. The Bertz CT molecular complexity index is 920. The minimum atomic E-state index is 0.223. The number of para-hydroxylation sites is 2. The van der Waals surface area contributed by atoms with Gasteiger partial charge in [0.2, 0.25) is 5.91 Å². The normalized spacial score (nSPS) is 17.8. The lowest BCUT2D eigenvalue weighted by atomic mass is 10.1. The predicted octanol–water partition coefficient (Wildman–Crippen LogP) is 2.81. The summed E-state index contributed by atoms with van der Waals surface area (Å²) in [6.45, 7) is 4.83. The van der Waals surface area contributed by atoms with E-state index >= 15 is 0 Å². The highest BCUT2D eigenvalue weighted by Crippen LogP contribution is 2.27. The number of amides is 1. The van der Waals surface area contributed by atoms with Crippen LogP contribution in [0.25, 0.3) is 0 Å². The van der Waals surface area contributed by atoms with Crippen molar-refractivity contribution < 1.29 is 9.90 Å². The molecule has 7 nitrogen and oxygen atoms in total. The van der Waals surface area contributed by atoms with Crippen molar-refractivity contribution in [3.63, 3.8) is 0 Å². The Morgan fingerprint density at radius 2 is 1.74 bits per heavy atom. The van der Waals surface area contributed by atoms with Gasteiger partial charge in [-0.15, -0.1) is 0 Å². The number of hydrogen-bond acceptors (Lipinski definition) is 4. The van der Waals surface area contributed by atoms with E-state index in [1.807, 2.05) is 42.3 Å². The molecule has 0 spiro atoms. The SMILES string of the molecule is CN=C(NCc1ccc(N2CCCCC2=O)cc1)N1CCN(c2ccccc2O)CC1. The van der Waals surface area contributed by atoms with Crippen molar-refractivity contribution in [2.75, 3.05) is 49.6 Å². The van der Waals surface area contributed by atoms with Crippen LogP contribution in [0.4, 0.5) is 11.4 Å². The van der Waals surface area contributed by atoms with Gasteiger partial charge in [-0.2, -0.15) is 0 Å². The Hall–Kier alpha value is -3.22. The Kier molecular flexibility index (Phi) is 6.60. The van der Waals surface area contributed by atoms with Gasteiger partial charge in [0, 0.05) is 58.4 Å². The fourth-order valence-electron chi connectivity index (χ4n) is 4.28. The molecule has 2 heterocycles. The molecule has 0 aromatic heterocycles. The van der Waals surface area contributed by atoms with Gasteiger partial charge in [-0.25, -0.2) is 0 Å². The molecule has 2 saturated heterocycles. The monoisotopic (exact) mass is 421 g/mol. The maximum Gasteiger partial charge on any atom is 0.226 e. The third kappa shape index (κ3) is 4.93. The number of phenolic OH excluding ortho intramolecular Hbond substituents is 1. The molecule has 7 heteroatoms. The van der Waals surface area contributed by atoms with Crippen LogP contribution in [0.5, 0.6) is 5.75 Å². The fourth-order valence-corrected chi connectivity index (χ4v) is 4.28. The first-order valence-corrected chi connectivity index (χ1v) is 11.0. The molecular formula is C24H31N5O2. The average Bonchev–Trinajstić information content (AvgIpc) is 2.81. The van der Waals surface area contributed by atoms with E-state index in [0.717, 1.165) is 68.5 Å². The van der Waals surface area contributed by atoms with E-state index < -0.39 is 0 Å². The van der Waals surface area contributed by atoms with Crippen LogP contribution in [-0.4, -0.2) is 61.6 Å². The van der Waals surface area contributed by atoms with Crippen molar-refractivity contribution in [2.24, 2.45) is 4.99 Å². The molecule has 0 aliphatic carbocycles. The second-order valence-electron chi connectivity index (χ2n) is 8.03. The average molecular weight is 422 g/mol. The number of nitrogens with zero attached hydrogens (tertiary/aromatic N) is 4. The number of hydrogen-bond donors (Lipinski definition) is 2. The standard InChI is InChI=1S/C24H31N5O2/c1-25-24(28-16-14-27(15-17-28)21-6-2-3-7-22(21)30)26-18-19-9-11-20(12-10-19)29-13-5-4-8-23(29)31/h2-3,6-7,9-12,30H,4-5,8,13-18H2,1H3,(H,25,26). The van der Waals surface area contributed by atoms with Crippen LogP contribution in [0.15, 0.2) is 53.5 Å². The first-order valence-electron chi connectivity index (χ1n) is 11.0. The molecule has 2 aromatic carbocycles. The molecule has 0 unspecified atom stereocenters. The predicted molar refractivity (Wildman–Crippen MR) is 125 cm³/mol. The first-order chi connectivity index (χ1) is 15.2. The van der Waals surface area contributed by atoms with Gasteiger partial charge in [-0.05, 0) is 42.7 Å². The molecule has 2 aliphatic heterocycles. The van der Waals surface area contributed by atoms with E-state index in [1.54, 1.807) is 6.07 Å². The number of aliphatic imine (C=N–C) groups is 1. The zero-order chi connectivity index (χ0) is 21.6. The number of carbonyl (C=O) groups is 1. The summed E-state index contributed by atoms with van der Waals surface area (Å²) in [7, 11) is 1.81. The van der Waals surface area contributed by atoms with Gasteiger partial charge in [-0.3, -0.25) is 9.79 Å². The fraction of sp³-hybridized carbons (Fsp3) is 0.417. The zero-order valence-corrected chi connectivity index (χ0v) is 18.1. The number of anilines is 2. The highest BCUT2D eigenvalue weighted by molar-refractivity contribution is 5.94. The summed E-state index contributed by atoms with van der Waals surface area (Å²) < 4.78 is 0. The number of phenols is 1. The third-order valence-corrected chi connectivity index (χ3v) is 6.04. The molecule has 1 amide bonds. The molecule has 2 N–H and O–H groups in total. The van der Waals surface area contributed by atoms with Crippen LogP contribution in [0.3, 0.4) is 0 Å². The van der Waals surface area contributed by atoms with Crippen LogP contribution in [-0.2, 0) is 11.3 Å². The van der Waals surface area contributed by atoms with Gasteiger partial charge in [0.25, 0.3) is 0 Å². The van der Waals surface area contributed by atoms with E-state index in [9.17, 15) is 9.90 Å². The van der Waals surface area contributed by atoms with Gasteiger partial charge in [0.05, 0.1) is 5.69 Å². The highest BCUT2D eigenvalue weighted by Gasteiger charge is 2.22. The number of aromatic hydroxyl groups is 1. The van der Waals surface area contributed by atoms with Crippen molar-refractivity contribution >= 4 is 23.2 Å². The second kappa shape index (κ2) is 9.73. The lowest BCUT2D eigenvalue weighted by molar-refractivity contribution is -0.119. The molecule has 0 radical (unpaired) electrons. The Morgan fingerprint density at radius 1 is 1.00 bits per heavy atom. The first kappa shape index (κ1) is 21.0. The summed E-state index contributed by atoms with van der Waals surface area (Å²) in [5.74, 6) is 1.43. The number of piperazine rings is 1. The Balaban J connectivity index is 1.30. The minimum absolute atomic E-state index is 0.223.